The topological polar surface area (TPSA) is 94.5 Å². The molecule has 41 heavy (non-hydrogen) atoms. The normalized spacial score (nSPS) is 14.7. The monoisotopic (exact) mass is 564 g/mol. The third-order valence-electron chi connectivity index (χ3n) is 6.95. The number of ketones is 1. The number of nitrogens with one attached hydrogen (secondary N) is 2. The summed E-state index contributed by atoms with van der Waals surface area (Å²) in [6.07, 6.45) is -3.51. The SMILES string of the molecule is COC(OC)c1ccnn1CC(=O)C1NCc2cc(NC(=O)c3ccccc3-c3ccc(C(F)(F)F)cc3)ccc21. The zero-order valence-electron chi connectivity index (χ0n) is 22.2. The lowest BCUT2D eigenvalue weighted by atomic mass is 9.97. The Hall–Kier alpha value is -4.32. The number of halogens is 3. The number of nitrogens with zero attached hydrogens (tertiary/aromatic N) is 2. The number of benzene rings is 3. The second kappa shape index (κ2) is 11.7. The van der Waals surface area contributed by atoms with E-state index in [0.29, 0.717) is 34.6 Å². The predicted octanol–water partition coefficient (Wildman–Crippen LogP) is 5.53. The maximum Gasteiger partial charge on any atom is 0.416 e. The van der Waals surface area contributed by atoms with Crippen LogP contribution in [0.15, 0.2) is 79.0 Å². The molecule has 2 heterocycles. The summed E-state index contributed by atoms with van der Waals surface area (Å²) in [6.45, 7) is 0.449. The van der Waals surface area contributed by atoms with Gasteiger partial charge in [-0.05, 0) is 58.7 Å². The molecule has 0 saturated heterocycles. The van der Waals surface area contributed by atoms with Gasteiger partial charge in [0.2, 0.25) is 0 Å². The minimum absolute atomic E-state index is 0.0158. The summed E-state index contributed by atoms with van der Waals surface area (Å²) in [5, 5.41) is 10.3. The van der Waals surface area contributed by atoms with Crippen LogP contribution in [0.25, 0.3) is 11.1 Å². The zero-order valence-corrected chi connectivity index (χ0v) is 22.2. The molecule has 0 radical (unpaired) electrons. The molecule has 1 atom stereocenters. The highest BCUT2D eigenvalue weighted by molar-refractivity contribution is 6.08. The number of aromatic nitrogens is 2. The molecule has 3 aromatic carbocycles. The van der Waals surface area contributed by atoms with Crippen molar-refractivity contribution in [1.82, 2.24) is 15.1 Å². The van der Waals surface area contributed by atoms with E-state index in [9.17, 15) is 22.8 Å². The molecule has 0 spiro atoms. The lowest BCUT2D eigenvalue weighted by molar-refractivity contribution is -0.137. The lowest BCUT2D eigenvalue weighted by Gasteiger charge is -2.17. The van der Waals surface area contributed by atoms with Crippen molar-refractivity contribution >= 4 is 17.4 Å². The van der Waals surface area contributed by atoms with Crippen LogP contribution in [0.5, 0.6) is 0 Å². The van der Waals surface area contributed by atoms with E-state index < -0.39 is 30.0 Å². The summed E-state index contributed by atoms with van der Waals surface area (Å²) in [5.74, 6) is -0.502. The van der Waals surface area contributed by atoms with E-state index in [-0.39, 0.29) is 12.3 Å². The second-order valence-electron chi connectivity index (χ2n) is 9.49. The van der Waals surface area contributed by atoms with Crippen LogP contribution in [-0.2, 0) is 33.5 Å². The molecule has 5 rings (SSSR count). The Balaban J connectivity index is 1.30. The molecule has 11 heteroatoms. The Labute approximate surface area is 234 Å². The standard InChI is InChI=1S/C30H27F3N4O4/c1-40-29(41-2)25-13-14-35-37(25)17-26(38)27-23-12-11-21(15-19(23)16-34-27)36-28(39)24-6-4-3-5-22(24)18-7-9-20(10-8-18)30(31,32)33/h3-15,27,29,34H,16-17H2,1-2H3,(H,36,39). The van der Waals surface area contributed by atoms with E-state index in [2.05, 4.69) is 15.7 Å². The number of anilines is 1. The van der Waals surface area contributed by atoms with E-state index in [4.69, 9.17) is 9.47 Å². The van der Waals surface area contributed by atoms with Crippen LogP contribution in [0, 0.1) is 0 Å². The van der Waals surface area contributed by atoms with Crippen molar-refractivity contribution in [1.29, 1.82) is 0 Å². The van der Waals surface area contributed by atoms with Crippen LogP contribution in [0.3, 0.4) is 0 Å². The average Bonchev–Trinajstić information content (AvgIpc) is 3.60. The highest BCUT2D eigenvalue weighted by atomic mass is 19.4. The predicted molar refractivity (Wildman–Crippen MR) is 145 cm³/mol. The fourth-order valence-electron chi connectivity index (χ4n) is 4.95. The number of ether oxygens (including phenoxy) is 2. The molecule has 0 saturated carbocycles. The van der Waals surface area contributed by atoms with Crippen molar-refractivity contribution in [3.8, 4) is 11.1 Å². The van der Waals surface area contributed by atoms with Gasteiger partial charge in [0.1, 0.15) is 6.54 Å². The van der Waals surface area contributed by atoms with Crippen LogP contribution < -0.4 is 10.6 Å². The highest BCUT2D eigenvalue weighted by Gasteiger charge is 2.31. The molecule has 212 valence electrons. The van der Waals surface area contributed by atoms with Crippen molar-refractivity contribution < 1.29 is 32.2 Å². The summed E-state index contributed by atoms with van der Waals surface area (Å²) in [4.78, 5) is 26.4. The third kappa shape index (κ3) is 5.92. The number of hydrogen-bond donors (Lipinski definition) is 2. The molecule has 1 aromatic heterocycles. The van der Waals surface area contributed by atoms with Gasteiger partial charge in [-0.1, -0.05) is 36.4 Å². The number of fused-ring (bicyclic) bond motifs is 1. The minimum atomic E-state index is -4.44. The number of carbonyl (C=O) groups excluding carboxylic acids is 2. The summed E-state index contributed by atoms with van der Waals surface area (Å²) in [6, 6.07) is 17.9. The minimum Gasteiger partial charge on any atom is -0.350 e. The summed E-state index contributed by atoms with van der Waals surface area (Å²) < 4.78 is 51.1. The van der Waals surface area contributed by atoms with Crippen LogP contribution in [0.4, 0.5) is 18.9 Å². The highest BCUT2D eigenvalue weighted by Crippen LogP contribution is 2.33. The van der Waals surface area contributed by atoms with Crippen molar-refractivity contribution in [2.45, 2.75) is 31.6 Å². The average molecular weight is 565 g/mol. The zero-order chi connectivity index (χ0) is 29.1. The Kier molecular flexibility index (Phi) is 8.02. The fraction of sp³-hybridized carbons (Fsp3) is 0.233. The number of methoxy groups -OCH3 is 2. The van der Waals surface area contributed by atoms with Gasteiger partial charge in [0, 0.05) is 38.2 Å². The van der Waals surface area contributed by atoms with Crippen LogP contribution in [0.2, 0.25) is 0 Å². The molecule has 1 aliphatic heterocycles. The molecule has 8 nitrogen and oxygen atoms in total. The third-order valence-corrected chi connectivity index (χ3v) is 6.95. The van der Waals surface area contributed by atoms with Crippen molar-refractivity contribution in [2.75, 3.05) is 19.5 Å². The molecule has 1 unspecified atom stereocenters. The van der Waals surface area contributed by atoms with E-state index in [0.717, 1.165) is 23.3 Å². The van der Waals surface area contributed by atoms with Crippen molar-refractivity contribution in [3.05, 3.63) is 107 Å². The van der Waals surface area contributed by atoms with Crippen LogP contribution in [0.1, 0.15) is 45.1 Å². The number of rotatable bonds is 9. The Bertz CT molecular complexity index is 1560. The molecule has 0 bridgehead atoms. The smallest absolute Gasteiger partial charge is 0.350 e. The second-order valence-corrected chi connectivity index (χ2v) is 9.49. The molecule has 1 aliphatic rings. The first kappa shape index (κ1) is 28.2. The molecule has 4 aromatic rings. The Morgan fingerprint density at radius 3 is 2.49 bits per heavy atom. The van der Waals surface area contributed by atoms with Gasteiger partial charge in [-0.15, -0.1) is 0 Å². The molecular weight excluding hydrogens is 537 g/mol. The van der Waals surface area contributed by atoms with Crippen molar-refractivity contribution in [3.63, 3.8) is 0 Å². The van der Waals surface area contributed by atoms with Gasteiger partial charge in [0.15, 0.2) is 12.1 Å². The maximum absolute atomic E-state index is 13.2. The lowest BCUT2D eigenvalue weighted by Crippen LogP contribution is -2.27. The molecule has 2 N–H and O–H groups in total. The van der Waals surface area contributed by atoms with Gasteiger partial charge in [-0.25, -0.2) is 0 Å². The van der Waals surface area contributed by atoms with E-state index >= 15 is 0 Å². The largest absolute Gasteiger partial charge is 0.416 e. The van der Waals surface area contributed by atoms with E-state index in [1.165, 1.54) is 26.4 Å². The van der Waals surface area contributed by atoms with E-state index in [1.807, 2.05) is 0 Å². The quantitative estimate of drug-likeness (QED) is 0.260. The number of Topliss-reactive ketones (excluding diaryl/α,β-unsaturated/α-hetero) is 1. The first-order chi connectivity index (χ1) is 19.7. The summed E-state index contributed by atoms with van der Waals surface area (Å²) in [5.41, 5.74) is 3.39. The number of carbonyl (C=O) groups is 2. The Morgan fingerprint density at radius 2 is 1.78 bits per heavy atom. The first-order valence-electron chi connectivity index (χ1n) is 12.7. The Morgan fingerprint density at radius 1 is 1.05 bits per heavy atom. The number of amides is 1. The van der Waals surface area contributed by atoms with Gasteiger partial charge >= 0.3 is 6.18 Å². The molecule has 0 aliphatic carbocycles. The fourth-order valence-corrected chi connectivity index (χ4v) is 4.95. The van der Waals surface area contributed by atoms with Crippen LogP contribution >= 0.6 is 0 Å². The number of hydrogen-bond acceptors (Lipinski definition) is 6. The van der Waals surface area contributed by atoms with E-state index in [1.54, 1.807) is 59.4 Å². The summed E-state index contributed by atoms with van der Waals surface area (Å²) >= 11 is 0. The van der Waals surface area contributed by atoms with Gasteiger partial charge < -0.3 is 14.8 Å². The summed E-state index contributed by atoms with van der Waals surface area (Å²) in [7, 11) is 3.01. The molecule has 1 amide bonds. The van der Waals surface area contributed by atoms with Crippen molar-refractivity contribution in [2.24, 2.45) is 0 Å². The molecule has 0 fully saturated rings. The van der Waals surface area contributed by atoms with Gasteiger partial charge in [-0.2, -0.15) is 18.3 Å². The maximum atomic E-state index is 13.2. The van der Waals surface area contributed by atoms with Gasteiger partial charge in [-0.3, -0.25) is 19.6 Å². The van der Waals surface area contributed by atoms with Gasteiger partial charge in [0.05, 0.1) is 17.3 Å². The van der Waals surface area contributed by atoms with Gasteiger partial charge in [0.25, 0.3) is 5.91 Å². The number of alkyl halides is 3. The van der Waals surface area contributed by atoms with Crippen LogP contribution in [-0.4, -0.2) is 35.7 Å². The molecular formula is C30H27F3N4O4. The first-order valence-corrected chi connectivity index (χ1v) is 12.7.